The first-order valence-corrected chi connectivity index (χ1v) is 6.77. The van der Waals surface area contributed by atoms with Crippen molar-refractivity contribution >= 4 is 22.4 Å². The van der Waals surface area contributed by atoms with E-state index >= 15 is 0 Å². The number of nitrogens with one attached hydrogen (secondary N) is 2. The minimum atomic E-state index is 0.124. The molecule has 1 aromatic rings. The van der Waals surface area contributed by atoms with Crippen molar-refractivity contribution in [2.75, 3.05) is 31.5 Å². The average Bonchev–Trinajstić information content (AvgIpc) is 2.62. The quantitative estimate of drug-likeness (QED) is 0.838. The van der Waals surface area contributed by atoms with E-state index in [-0.39, 0.29) is 5.91 Å². The second-order valence-corrected chi connectivity index (χ2v) is 5.19. The summed E-state index contributed by atoms with van der Waals surface area (Å²) in [6, 6.07) is 0. The first-order chi connectivity index (χ1) is 8.28. The summed E-state index contributed by atoms with van der Waals surface area (Å²) in [6.07, 6.45) is 2.91. The third-order valence-corrected chi connectivity index (χ3v) is 3.54. The first-order valence-electron chi connectivity index (χ1n) is 5.95. The number of nitrogens with zero attached hydrogens (tertiary/aromatic N) is 2. The Hall–Kier alpha value is -1.14. The summed E-state index contributed by atoms with van der Waals surface area (Å²) in [4.78, 5) is 19.1. The van der Waals surface area contributed by atoms with Gasteiger partial charge >= 0.3 is 0 Å². The van der Waals surface area contributed by atoms with Crippen molar-refractivity contribution < 1.29 is 4.79 Å². The van der Waals surface area contributed by atoms with Gasteiger partial charge in [0.1, 0.15) is 0 Å². The lowest BCUT2D eigenvalue weighted by atomic mass is 10.4. The summed E-state index contributed by atoms with van der Waals surface area (Å²) in [7, 11) is 0. The second kappa shape index (κ2) is 5.97. The fourth-order valence-electron chi connectivity index (χ4n) is 1.84. The van der Waals surface area contributed by atoms with Gasteiger partial charge in [0.05, 0.1) is 6.54 Å². The van der Waals surface area contributed by atoms with Crippen LogP contribution in [0, 0.1) is 0 Å². The molecule has 1 aromatic heterocycles. The number of anilines is 1. The van der Waals surface area contributed by atoms with Crippen molar-refractivity contribution in [3.05, 3.63) is 11.1 Å². The summed E-state index contributed by atoms with van der Waals surface area (Å²) >= 11 is 1.66. The Bertz CT molecular complexity index is 379. The lowest BCUT2D eigenvalue weighted by molar-refractivity contribution is -0.121. The molecule has 0 bridgehead atoms. The van der Waals surface area contributed by atoms with E-state index in [0.29, 0.717) is 6.54 Å². The molecule has 94 valence electrons. The average molecular weight is 254 g/mol. The smallest absolute Gasteiger partial charge is 0.234 e. The molecule has 1 fully saturated rings. The zero-order chi connectivity index (χ0) is 12.1. The SMILES string of the molecule is CCNc1ncc(CN2CCCNC(=O)C2)s1. The van der Waals surface area contributed by atoms with Crippen LogP contribution in [0.2, 0.25) is 0 Å². The van der Waals surface area contributed by atoms with E-state index in [4.69, 9.17) is 0 Å². The molecule has 2 heterocycles. The number of thiazole rings is 1. The maximum Gasteiger partial charge on any atom is 0.234 e. The van der Waals surface area contributed by atoms with Gasteiger partial charge in [0.2, 0.25) is 5.91 Å². The third kappa shape index (κ3) is 3.67. The summed E-state index contributed by atoms with van der Waals surface area (Å²) < 4.78 is 0. The predicted molar refractivity (Wildman–Crippen MR) is 69.2 cm³/mol. The maximum atomic E-state index is 11.4. The number of rotatable bonds is 4. The normalized spacial score (nSPS) is 17.6. The van der Waals surface area contributed by atoms with Crippen molar-refractivity contribution in [2.45, 2.75) is 19.9 Å². The van der Waals surface area contributed by atoms with Crippen molar-refractivity contribution in [1.29, 1.82) is 0 Å². The Balaban J connectivity index is 1.91. The van der Waals surface area contributed by atoms with Gasteiger partial charge in [-0.1, -0.05) is 0 Å². The van der Waals surface area contributed by atoms with Gasteiger partial charge in [-0.05, 0) is 13.3 Å². The highest BCUT2D eigenvalue weighted by Gasteiger charge is 2.15. The van der Waals surface area contributed by atoms with Crippen molar-refractivity contribution in [3.8, 4) is 0 Å². The van der Waals surface area contributed by atoms with Crippen molar-refractivity contribution in [2.24, 2.45) is 0 Å². The van der Waals surface area contributed by atoms with Crippen LogP contribution in [0.5, 0.6) is 0 Å². The molecule has 0 radical (unpaired) electrons. The van der Waals surface area contributed by atoms with Crippen LogP contribution in [-0.2, 0) is 11.3 Å². The minimum absolute atomic E-state index is 0.124. The molecule has 0 spiro atoms. The zero-order valence-corrected chi connectivity index (χ0v) is 10.8. The summed E-state index contributed by atoms with van der Waals surface area (Å²) in [5.41, 5.74) is 0. The number of aromatic nitrogens is 1. The van der Waals surface area contributed by atoms with E-state index < -0.39 is 0 Å². The Morgan fingerprint density at radius 3 is 3.35 bits per heavy atom. The Labute approximate surface area is 105 Å². The molecule has 0 aliphatic carbocycles. The Morgan fingerprint density at radius 1 is 1.65 bits per heavy atom. The van der Waals surface area contributed by atoms with Gasteiger partial charge in [-0.25, -0.2) is 4.98 Å². The topological polar surface area (TPSA) is 57.3 Å². The highest BCUT2D eigenvalue weighted by atomic mass is 32.1. The molecule has 2 N–H and O–H groups in total. The maximum absolute atomic E-state index is 11.4. The summed E-state index contributed by atoms with van der Waals surface area (Å²) in [6.45, 7) is 6.01. The number of hydrogen-bond donors (Lipinski definition) is 2. The second-order valence-electron chi connectivity index (χ2n) is 4.08. The lowest BCUT2D eigenvalue weighted by Crippen LogP contribution is -2.32. The molecule has 0 unspecified atom stereocenters. The Kier molecular flexibility index (Phi) is 4.33. The molecule has 0 aromatic carbocycles. The van der Waals surface area contributed by atoms with E-state index in [2.05, 4.69) is 27.4 Å². The van der Waals surface area contributed by atoms with E-state index in [1.165, 1.54) is 4.88 Å². The van der Waals surface area contributed by atoms with Crippen molar-refractivity contribution in [3.63, 3.8) is 0 Å². The fraction of sp³-hybridized carbons (Fsp3) is 0.636. The molecule has 1 aliphatic heterocycles. The fourth-order valence-corrected chi connectivity index (χ4v) is 2.76. The predicted octanol–water partition coefficient (Wildman–Crippen LogP) is 0.897. The standard InChI is InChI=1S/C11H18N4OS/c1-2-12-11-14-6-9(17-11)7-15-5-3-4-13-10(16)8-15/h6H,2-5,7-8H2,1H3,(H,12,14)(H,13,16). The van der Waals surface area contributed by atoms with Crippen LogP contribution < -0.4 is 10.6 Å². The molecule has 6 heteroatoms. The molecule has 1 saturated heterocycles. The Morgan fingerprint density at radius 2 is 2.53 bits per heavy atom. The third-order valence-electron chi connectivity index (χ3n) is 2.60. The van der Waals surface area contributed by atoms with Gasteiger partial charge in [-0.2, -0.15) is 0 Å². The van der Waals surface area contributed by atoms with Gasteiger partial charge in [-0.3, -0.25) is 9.69 Å². The first kappa shape index (κ1) is 12.3. The highest BCUT2D eigenvalue weighted by Crippen LogP contribution is 2.19. The van der Waals surface area contributed by atoms with Crippen LogP contribution in [0.4, 0.5) is 5.13 Å². The number of amides is 1. The highest BCUT2D eigenvalue weighted by molar-refractivity contribution is 7.15. The van der Waals surface area contributed by atoms with Crippen LogP contribution in [0.1, 0.15) is 18.2 Å². The summed E-state index contributed by atoms with van der Waals surface area (Å²) in [5, 5.41) is 7.04. The number of carbonyl (C=O) groups is 1. The number of carbonyl (C=O) groups excluding carboxylic acids is 1. The van der Waals surface area contributed by atoms with Crippen LogP contribution in [0.15, 0.2) is 6.20 Å². The van der Waals surface area contributed by atoms with Crippen LogP contribution in [-0.4, -0.2) is 42.0 Å². The molecule has 0 atom stereocenters. The van der Waals surface area contributed by atoms with Crippen LogP contribution in [0.3, 0.4) is 0 Å². The van der Waals surface area contributed by atoms with E-state index in [1.807, 2.05) is 6.20 Å². The number of hydrogen-bond acceptors (Lipinski definition) is 5. The van der Waals surface area contributed by atoms with E-state index in [1.54, 1.807) is 11.3 Å². The molecule has 2 rings (SSSR count). The van der Waals surface area contributed by atoms with Crippen molar-refractivity contribution in [1.82, 2.24) is 15.2 Å². The molecular weight excluding hydrogens is 236 g/mol. The van der Waals surface area contributed by atoms with Gasteiger partial charge in [-0.15, -0.1) is 11.3 Å². The zero-order valence-electron chi connectivity index (χ0n) is 10.0. The van der Waals surface area contributed by atoms with Crippen LogP contribution >= 0.6 is 11.3 Å². The van der Waals surface area contributed by atoms with Gasteiger partial charge in [0.25, 0.3) is 0 Å². The lowest BCUT2D eigenvalue weighted by Gasteiger charge is -2.16. The molecule has 1 amide bonds. The van der Waals surface area contributed by atoms with Gasteiger partial charge in [0.15, 0.2) is 5.13 Å². The summed E-state index contributed by atoms with van der Waals surface area (Å²) in [5.74, 6) is 0.124. The monoisotopic (exact) mass is 254 g/mol. The van der Waals surface area contributed by atoms with Crippen LogP contribution in [0.25, 0.3) is 0 Å². The minimum Gasteiger partial charge on any atom is -0.362 e. The molecule has 17 heavy (non-hydrogen) atoms. The molecular formula is C11H18N4OS. The molecule has 0 saturated carbocycles. The van der Waals surface area contributed by atoms with Gasteiger partial charge in [0, 0.05) is 37.3 Å². The largest absolute Gasteiger partial charge is 0.362 e. The van der Waals surface area contributed by atoms with E-state index in [9.17, 15) is 4.79 Å². The molecule has 5 nitrogen and oxygen atoms in total. The van der Waals surface area contributed by atoms with E-state index in [0.717, 1.165) is 37.7 Å². The molecule has 1 aliphatic rings. The van der Waals surface area contributed by atoms with Gasteiger partial charge < -0.3 is 10.6 Å².